The highest BCUT2D eigenvalue weighted by atomic mass is 32.2. The Morgan fingerprint density at radius 3 is 2.71 bits per heavy atom. The highest BCUT2D eigenvalue weighted by molar-refractivity contribution is 7.99. The third-order valence-electron chi connectivity index (χ3n) is 4.78. The Balaban J connectivity index is 1.50. The molecule has 0 aliphatic carbocycles. The van der Waals surface area contributed by atoms with Gasteiger partial charge in [0.1, 0.15) is 0 Å². The van der Waals surface area contributed by atoms with Crippen molar-refractivity contribution < 1.29 is 9.53 Å². The SMILES string of the molecule is COCCn1c(SCC(=O)N2CCc3ccccc32)nnc1-c1ccccc1. The number of hydrogen-bond acceptors (Lipinski definition) is 5. The summed E-state index contributed by atoms with van der Waals surface area (Å²) < 4.78 is 7.27. The van der Waals surface area contributed by atoms with Crippen LogP contribution in [0.2, 0.25) is 0 Å². The standard InChI is InChI=1S/C21H22N4O2S/c1-27-14-13-25-20(17-8-3-2-4-9-17)22-23-21(25)28-15-19(26)24-12-11-16-7-5-6-10-18(16)24/h2-10H,11-15H2,1H3. The molecule has 0 N–H and O–H groups in total. The zero-order valence-corrected chi connectivity index (χ0v) is 16.6. The molecule has 0 fully saturated rings. The van der Waals surface area contributed by atoms with Crippen LogP contribution >= 0.6 is 11.8 Å². The van der Waals surface area contributed by atoms with E-state index in [0.29, 0.717) is 18.9 Å². The van der Waals surface area contributed by atoms with Gasteiger partial charge in [0.25, 0.3) is 0 Å². The van der Waals surface area contributed by atoms with Gasteiger partial charge in [0, 0.05) is 24.9 Å². The first-order chi connectivity index (χ1) is 13.8. The zero-order valence-electron chi connectivity index (χ0n) is 15.7. The van der Waals surface area contributed by atoms with Gasteiger partial charge in [-0.3, -0.25) is 9.36 Å². The van der Waals surface area contributed by atoms with Gasteiger partial charge in [-0.05, 0) is 18.1 Å². The first-order valence-corrected chi connectivity index (χ1v) is 10.2. The van der Waals surface area contributed by atoms with Gasteiger partial charge >= 0.3 is 0 Å². The minimum Gasteiger partial charge on any atom is -0.383 e. The summed E-state index contributed by atoms with van der Waals surface area (Å²) in [5, 5.41) is 9.43. The van der Waals surface area contributed by atoms with Crippen LogP contribution in [0.25, 0.3) is 11.4 Å². The van der Waals surface area contributed by atoms with Gasteiger partial charge in [-0.15, -0.1) is 10.2 Å². The molecule has 4 rings (SSSR count). The summed E-state index contributed by atoms with van der Waals surface area (Å²) in [5.41, 5.74) is 3.26. The van der Waals surface area contributed by atoms with Crippen LogP contribution in [0.5, 0.6) is 0 Å². The minimum absolute atomic E-state index is 0.0949. The van der Waals surface area contributed by atoms with Gasteiger partial charge in [-0.25, -0.2) is 0 Å². The van der Waals surface area contributed by atoms with Crippen LogP contribution in [0.1, 0.15) is 5.56 Å². The molecule has 2 aromatic carbocycles. The topological polar surface area (TPSA) is 60.2 Å². The summed E-state index contributed by atoms with van der Waals surface area (Å²) >= 11 is 1.43. The van der Waals surface area contributed by atoms with Crippen molar-refractivity contribution in [3.05, 3.63) is 60.2 Å². The van der Waals surface area contributed by atoms with E-state index in [2.05, 4.69) is 16.3 Å². The smallest absolute Gasteiger partial charge is 0.237 e. The summed E-state index contributed by atoms with van der Waals surface area (Å²) in [4.78, 5) is 14.7. The van der Waals surface area contributed by atoms with E-state index in [0.717, 1.165) is 35.2 Å². The van der Waals surface area contributed by atoms with Crippen LogP contribution in [-0.4, -0.2) is 46.7 Å². The molecule has 0 atom stereocenters. The van der Waals surface area contributed by atoms with Crippen molar-refractivity contribution in [2.75, 3.05) is 30.9 Å². The molecule has 0 spiro atoms. The molecule has 1 aliphatic heterocycles. The predicted octanol–water partition coefficient (Wildman–Crippen LogP) is 3.27. The van der Waals surface area contributed by atoms with Crippen molar-refractivity contribution in [1.29, 1.82) is 0 Å². The van der Waals surface area contributed by atoms with Crippen LogP contribution < -0.4 is 4.90 Å². The van der Waals surface area contributed by atoms with E-state index in [1.165, 1.54) is 17.3 Å². The summed E-state index contributed by atoms with van der Waals surface area (Å²) in [7, 11) is 1.67. The molecule has 1 aliphatic rings. The Morgan fingerprint density at radius 1 is 1.11 bits per heavy atom. The van der Waals surface area contributed by atoms with Crippen LogP contribution in [0.15, 0.2) is 59.8 Å². The van der Waals surface area contributed by atoms with E-state index in [1.807, 2.05) is 58.0 Å². The van der Waals surface area contributed by atoms with Crippen LogP contribution in [-0.2, 0) is 22.5 Å². The number of amides is 1. The molecule has 1 aromatic heterocycles. The number of thioether (sulfide) groups is 1. The second-order valence-corrected chi connectivity index (χ2v) is 7.47. The van der Waals surface area contributed by atoms with E-state index in [1.54, 1.807) is 7.11 Å². The van der Waals surface area contributed by atoms with Gasteiger partial charge in [-0.2, -0.15) is 0 Å². The number of hydrogen-bond donors (Lipinski definition) is 0. The number of aromatic nitrogens is 3. The molecule has 0 unspecified atom stereocenters. The number of fused-ring (bicyclic) bond motifs is 1. The number of ether oxygens (including phenoxy) is 1. The number of para-hydroxylation sites is 1. The van der Waals surface area contributed by atoms with E-state index in [9.17, 15) is 4.79 Å². The van der Waals surface area contributed by atoms with Crippen LogP contribution in [0.3, 0.4) is 0 Å². The molecule has 0 bridgehead atoms. The fourth-order valence-electron chi connectivity index (χ4n) is 3.38. The summed E-state index contributed by atoms with van der Waals surface area (Å²) in [6, 6.07) is 18.0. The summed E-state index contributed by atoms with van der Waals surface area (Å²) in [6.07, 6.45) is 0.911. The Hall–Kier alpha value is -2.64. The maximum Gasteiger partial charge on any atom is 0.237 e. The second-order valence-electron chi connectivity index (χ2n) is 6.53. The first kappa shape index (κ1) is 18.7. The Bertz CT molecular complexity index is 958. The maximum absolute atomic E-state index is 12.8. The lowest BCUT2D eigenvalue weighted by atomic mass is 10.2. The third kappa shape index (κ3) is 3.81. The molecule has 1 amide bonds. The van der Waals surface area contributed by atoms with Crippen molar-refractivity contribution in [2.45, 2.75) is 18.1 Å². The van der Waals surface area contributed by atoms with Crippen molar-refractivity contribution in [1.82, 2.24) is 14.8 Å². The maximum atomic E-state index is 12.8. The normalized spacial score (nSPS) is 13.0. The van der Waals surface area contributed by atoms with E-state index >= 15 is 0 Å². The molecular weight excluding hydrogens is 372 g/mol. The number of benzene rings is 2. The second kappa shape index (κ2) is 8.58. The number of nitrogens with zero attached hydrogens (tertiary/aromatic N) is 4. The van der Waals surface area contributed by atoms with Crippen molar-refractivity contribution >= 4 is 23.4 Å². The molecule has 6 nitrogen and oxygen atoms in total. The molecule has 2 heterocycles. The number of carbonyl (C=O) groups excluding carboxylic acids is 1. The minimum atomic E-state index is 0.0949. The monoisotopic (exact) mass is 394 g/mol. The molecule has 0 saturated carbocycles. The van der Waals surface area contributed by atoms with Crippen molar-refractivity contribution in [2.24, 2.45) is 0 Å². The average Bonchev–Trinajstić information content (AvgIpc) is 3.35. The zero-order chi connectivity index (χ0) is 19.3. The number of rotatable bonds is 7. The molecular formula is C21H22N4O2S. The number of carbonyl (C=O) groups is 1. The van der Waals surface area contributed by atoms with Gasteiger partial charge < -0.3 is 9.64 Å². The number of anilines is 1. The van der Waals surface area contributed by atoms with Crippen LogP contribution in [0.4, 0.5) is 5.69 Å². The Labute approximate surface area is 168 Å². The molecule has 28 heavy (non-hydrogen) atoms. The number of methoxy groups -OCH3 is 1. The van der Waals surface area contributed by atoms with E-state index < -0.39 is 0 Å². The Morgan fingerprint density at radius 2 is 1.89 bits per heavy atom. The van der Waals surface area contributed by atoms with Gasteiger partial charge in [0.15, 0.2) is 11.0 Å². The first-order valence-electron chi connectivity index (χ1n) is 9.26. The Kier molecular flexibility index (Phi) is 5.73. The van der Waals surface area contributed by atoms with E-state index in [4.69, 9.17) is 4.74 Å². The molecule has 7 heteroatoms. The summed E-state index contributed by atoms with van der Waals surface area (Å²) in [6.45, 7) is 1.93. The lowest BCUT2D eigenvalue weighted by Gasteiger charge is -2.17. The van der Waals surface area contributed by atoms with Crippen molar-refractivity contribution in [3.63, 3.8) is 0 Å². The van der Waals surface area contributed by atoms with Gasteiger partial charge in [0.2, 0.25) is 5.91 Å². The quantitative estimate of drug-likeness (QED) is 0.576. The highest BCUT2D eigenvalue weighted by Crippen LogP contribution is 2.29. The van der Waals surface area contributed by atoms with Crippen molar-refractivity contribution in [3.8, 4) is 11.4 Å². The van der Waals surface area contributed by atoms with Gasteiger partial charge in [-0.1, -0.05) is 60.3 Å². The van der Waals surface area contributed by atoms with Gasteiger partial charge in [0.05, 0.1) is 18.9 Å². The third-order valence-corrected chi connectivity index (χ3v) is 5.73. The van der Waals surface area contributed by atoms with E-state index in [-0.39, 0.29) is 5.91 Å². The van der Waals surface area contributed by atoms with Crippen LogP contribution in [0, 0.1) is 0 Å². The predicted molar refractivity (Wildman–Crippen MR) is 111 cm³/mol. The largest absolute Gasteiger partial charge is 0.383 e. The molecule has 0 radical (unpaired) electrons. The average molecular weight is 395 g/mol. The fraction of sp³-hybridized carbons (Fsp3) is 0.286. The molecule has 0 saturated heterocycles. The molecule has 144 valence electrons. The fourth-order valence-corrected chi connectivity index (χ4v) is 4.22. The highest BCUT2D eigenvalue weighted by Gasteiger charge is 2.25. The lowest BCUT2D eigenvalue weighted by molar-refractivity contribution is -0.116. The summed E-state index contributed by atoms with van der Waals surface area (Å²) in [5.74, 6) is 1.21. The molecule has 3 aromatic rings. The lowest BCUT2D eigenvalue weighted by Crippen LogP contribution is -2.30.